The molecule has 1 aliphatic carbocycles. The molecule has 1 saturated heterocycles. The number of benzene rings is 1. The predicted octanol–water partition coefficient (Wildman–Crippen LogP) is 3.25. The van der Waals surface area contributed by atoms with Gasteiger partial charge < -0.3 is 14.2 Å². The van der Waals surface area contributed by atoms with Crippen molar-refractivity contribution in [2.24, 2.45) is 0 Å². The average molecular weight is 341 g/mol. The molecule has 0 unspecified atom stereocenters. The summed E-state index contributed by atoms with van der Waals surface area (Å²) in [5.74, 6) is 2.85. The fraction of sp³-hybridized carbons (Fsp3) is 0.526. The minimum Gasteiger partial charge on any atom is -0.497 e. The Morgan fingerprint density at radius 2 is 1.96 bits per heavy atom. The van der Waals surface area contributed by atoms with Crippen LogP contribution in [0.3, 0.4) is 0 Å². The van der Waals surface area contributed by atoms with Gasteiger partial charge in [0.25, 0.3) is 0 Å². The Labute approximate surface area is 147 Å². The fourth-order valence-corrected chi connectivity index (χ4v) is 3.80. The third-order valence-corrected chi connectivity index (χ3v) is 5.27. The van der Waals surface area contributed by atoms with Crippen molar-refractivity contribution in [3.05, 3.63) is 41.5 Å². The van der Waals surface area contributed by atoms with Gasteiger partial charge in [-0.2, -0.15) is 4.98 Å². The van der Waals surface area contributed by atoms with Crippen molar-refractivity contribution in [3.63, 3.8) is 0 Å². The average Bonchev–Trinajstić information content (AvgIpc) is 3.36. The maximum absolute atomic E-state index is 12.4. The van der Waals surface area contributed by atoms with Crippen LogP contribution in [-0.4, -0.2) is 34.6 Å². The van der Waals surface area contributed by atoms with Crippen LogP contribution < -0.4 is 4.74 Å². The van der Waals surface area contributed by atoms with Gasteiger partial charge in [-0.25, -0.2) is 0 Å². The first-order valence-electron chi connectivity index (χ1n) is 8.97. The molecule has 1 aromatic carbocycles. The third kappa shape index (κ3) is 3.38. The molecule has 2 aliphatic rings. The highest BCUT2D eigenvalue weighted by atomic mass is 16.5. The smallest absolute Gasteiger partial charge is 0.232 e. The molecule has 1 saturated carbocycles. The molecule has 1 atom stereocenters. The minimum atomic E-state index is 0.00778. The Bertz CT molecular complexity index is 735. The van der Waals surface area contributed by atoms with Gasteiger partial charge in [0.05, 0.1) is 13.0 Å². The second-order valence-electron chi connectivity index (χ2n) is 7.00. The molecule has 1 aromatic heterocycles. The lowest BCUT2D eigenvalue weighted by Gasteiger charge is -2.16. The molecular formula is C19H23N3O3. The van der Waals surface area contributed by atoms with Crippen molar-refractivity contribution in [3.8, 4) is 5.75 Å². The molecule has 25 heavy (non-hydrogen) atoms. The summed E-state index contributed by atoms with van der Waals surface area (Å²) in [6, 6.07) is 7.81. The number of aromatic nitrogens is 2. The number of hydrogen-bond acceptors (Lipinski definition) is 5. The number of methoxy groups -OCH3 is 1. The zero-order valence-electron chi connectivity index (χ0n) is 14.5. The minimum absolute atomic E-state index is 0.00778. The molecule has 0 N–H and O–H groups in total. The Balaban J connectivity index is 1.41. The van der Waals surface area contributed by atoms with Crippen LogP contribution in [0.1, 0.15) is 61.2 Å². The zero-order chi connectivity index (χ0) is 17.2. The lowest BCUT2D eigenvalue weighted by atomic mass is 10.1. The van der Waals surface area contributed by atoms with Gasteiger partial charge >= 0.3 is 0 Å². The molecule has 6 heteroatoms. The standard InChI is InChI=1S/C19H23N3O3/c1-24-16-8-6-13(7-9-16)11-22-12-15(10-17(22)23)19-20-18(21-25-19)14-4-2-3-5-14/h6-9,14-15H,2-5,10-12H2,1H3/t15-/m1/s1. The zero-order valence-corrected chi connectivity index (χ0v) is 14.5. The summed E-state index contributed by atoms with van der Waals surface area (Å²) in [4.78, 5) is 18.8. The summed E-state index contributed by atoms with van der Waals surface area (Å²) < 4.78 is 10.7. The normalized spacial score (nSPS) is 21.2. The molecule has 132 valence electrons. The summed E-state index contributed by atoms with van der Waals surface area (Å²) in [5, 5.41) is 4.17. The molecule has 0 bridgehead atoms. The van der Waals surface area contributed by atoms with Gasteiger partial charge in [-0.1, -0.05) is 30.1 Å². The molecule has 2 aromatic rings. The van der Waals surface area contributed by atoms with E-state index >= 15 is 0 Å². The molecule has 4 rings (SSSR count). The monoisotopic (exact) mass is 341 g/mol. The highest BCUT2D eigenvalue weighted by molar-refractivity contribution is 5.79. The van der Waals surface area contributed by atoms with Crippen LogP contribution in [0.2, 0.25) is 0 Å². The van der Waals surface area contributed by atoms with Crippen molar-refractivity contribution in [2.45, 2.75) is 50.5 Å². The van der Waals surface area contributed by atoms with Crippen LogP contribution in [-0.2, 0) is 11.3 Å². The van der Waals surface area contributed by atoms with Crippen LogP contribution in [0.15, 0.2) is 28.8 Å². The molecule has 0 radical (unpaired) electrons. The molecular weight excluding hydrogens is 318 g/mol. The number of hydrogen-bond donors (Lipinski definition) is 0. The number of nitrogens with zero attached hydrogens (tertiary/aromatic N) is 3. The Hall–Kier alpha value is -2.37. The van der Waals surface area contributed by atoms with Gasteiger partial charge in [-0.05, 0) is 30.5 Å². The van der Waals surface area contributed by atoms with E-state index < -0.39 is 0 Å². The Morgan fingerprint density at radius 3 is 2.68 bits per heavy atom. The number of amides is 1. The Morgan fingerprint density at radius 1 is 1.20 bits per heavy atom. The van der Waals surface area contributed by atoms with E-state index in [1.54, 1.807) is 7.11 Å². The van der Waals surface area contributed by atoms with E-state index in [9.17, 15) is 4.79 Å². The molecule has 1 aliphatic heterocycles. The van der Waals surface area contributed by atoms with Gasteiger partial charge in [-0.15, -0.1) is 0 Å². The fourth-order valence-electron chi connectivity index (χ4n) is 3.80. The highest BCUT2D eigenvalue weighted by Crippen LogP contribution is 2.34. The van der Waals surface area contributed by atoms with Crippen LogP contribution in [0.25, 0.3) is 0 Å². The van der Waals surface area contributed by atoms with Crippen molar-refractivity contribution in [1.82, 2.24) is 15.0 Å². The first-order valence-corrected chi connectivity index (χ1v) is 8.97. The molecule has 1 amide bonds. The van der Waals surface area contributed by atoms with E-state index in [2.05, 4.69) is 10.1 Å². The second kappa shape index (κ2) is 6.86. The number of rotatable bonds is 5. The lowest BCUT2D eigenvalue weighted by molar-refractivity contribution is -0.128. The molecule has 2 fully saturated rings. The molecule has 6 nitrogen and oxygen atoms in total. The quantitative estimate of drug-likeness (QED) is 0.835. The number of carbonyl (C=O) groups is 1. The number of carbonyl (C=O) groups excluding carboxylic acids is 1. The number of likely N-dealkylation sites (tertiary alicyclic amines) is 1. The lowest BCUT2D eigenvalue weighted by Crippen LogP contribution is -2.24. The molecule has 0 spiro atoms. The van der Waals surface area contributed by atoms with Crippen LogP contribution in [0, 0.1) is 0 Å². The number of ether oxygens (including phenoxy) is 1. The van der Waals surface area contributed by atoms with Crippen molar-refractivity contribution >= 4 is 5.91 Å². The van der Waals surface area contributed by atoms with Crippen molar-refractivity contribution < 1.29 is 14.1 Å². The topological polar surface area (TPSA) is 68.5 Å². The van der Waals surface area contributed by atoms with Crippen LogP contribution in [0.5, 0.6) is 5.75 Å². The van der Waals surface area contributed by atoms with E-state index in [1.165, 1.54) is 12.8 Å². The van der Waals surface area contributed by atoms with Gasteiger partial charge in [0.2, 0.25) is 11.8 Å². The van der Waals surface area contributed by atoms with Gasteiger partial charge in [0, 0.05) is 25.4 Å². The van der Waals surface area contributed by atoms with Crippen molar-refractivity contribution in [1.29, 1.82) is 0 Å². The van der Waals surface area contributed by atoms with Crippen LogP contribution in [0.4, 0.5) is 0 Å². The maximum atomic E-state index is 12.4. The molecule has 2 heterocycles. The highest BCUT2D eigenvalue weighted by Gasteiger charge is 2.35. The summed E-state index contributed by atoms with van der Waals surface area (Å²) in [6.45, 7) is 1.24. The first kappa shape index (κ1) is 16.1. The maximum Gasteiger partial charge on any atom is 0.232 e. The first-order chi connectivity index (χ1) is 12.2. The second-order valence-corrected chi connectivity index (χ2v) is 7.00. The van der Waals surface area contributed by atoms with E-state index in [-0.39, 0.29) is 11.8 Å². The summed E-state index contributed by atoms with van der Waals surface area (Å²) in [6.07, 6.45) is 5.22. The van der Waals surface area contributed by atoms with Crippen LogP contribution >= 0.6 is 0 Å². The third-order valence-electron chi connectivity index (χ3n) is 5.27. The van der Waals surface area contributed by atoms with Gasteiger partial charge in [0.1, 0.15) is 5.75 Å². The van der Waals surface area contributed by atoms with E-state index in [4.69, 9.17) is 9.26 Å². The van der Waals surface area contributed by atoms with E-state index in [0.717, 1.165) is 30.0 Å². The van der Waals surface area contributed by atoms with Gasteiger partial charge in [0.15, 0.2) is 5.82 Å². The summed E-state index contributed by atoms with van der Waals surface area (Å²) in [7, 11) is 1.65. The van der Waals surface area contributed by atoms with Crippen molar-refractivity contribution in [2.75, 3.05) is 13.7 Å². The predicted molar refractivity (Wildman–Crippen MR) is 91.3 cm³/mol. The summed E-state index contributed by atoms with van der Waals surface area (Å²) >= 11 is 0. The van der Waals surface area contributed by atoms with Gasteiger partial charge in [-0.3, -0.25) is 4.79 Å². The largest absolute Gasteiger partial charge is 0.497 e. The summed E-state index contributed by atoms with van der Waals surface area (Å²) in [5.41, 5.74) is 1.09. The van der Waals surface area contributed by atoms with E-state index in [0.29, 0.717) is 31.3 Å². The van der Waals surface area contributed by atoms with E-state index in [1.807, 2.05) is 29.2 Å². The Kier molecular flexibility index (Phi) is 4.42. The SMILES string of the molecule is COc1ccc(CN2C[C@H](c3nc(C4CCCC4)no3)CC2=O)cc1.